The molecule has 1 N–H and O–H groups in total. The summed E-state index contributed by atoms with van der Waals surface area (Å²) in [4.78, 5) is 4.26. The van der Waals surface area contributed by atoms with Gasteiger partial charge in [-0.05, 0) is 43.9 Å². The zero-order chi connectivity index (χ0) is 13.7. The van der Waals surface area contributed by atoms with E-state index in [0.29, 0.717) is 5.92 Å². The third-order valence-electron chi connectivity index (χ3n) is 3.53. The molecule has 4 nitrogen and oxygen atoms in total. The molecular weight excluding hydrogens is 240 g/mol. The first-order valence-electron chi connectivity index (χ1n) is 7.14. The number of ether oxygens (including phenoxy) is 2. The summed E-state index contributed by atoms with van der Waals surface area (Å²) in [6.45, 7) is 5.84. The zero-order valence-corrected chi connectivity index (χ0v) is 12.1. The summed E-state index contributed by atoms with van der Waals surface area (Å²) in [7, 11) is 1.67. The highest BCUT2D eigenvalue weighted by molar-refractivity contribution is 5.27. The average molecular weight is 264 g/mol. The van der Waals surface area contributed by atoms with Gasteiger partial charge in [0.25, 0.3) is 0 Å². The van der Waals surface area contributed by atoms with Gasteiger partial charge in [-0.1, -0.05) is 6.92 Å². The molecule has 0 amide bonds. The minimum Gasteiger partial charge on any atom is -0.495 e. The van der Waals surface area contributed by atoms with Crippen LogP contribution >= 0.6 is 0 Å². The summed E-state index contributed by atoms with van der Waals surface area (Å²) in [5.74, 6) is 1.47. The van der Waals surface area contributed by atoms with Crippen LogP contribution in [0.2, 0.25) is 0 Å². The molecule has 1 heterocycles. The lowest BCUT2D eigenvalue weighted by Gasteiger charge is -2.28. The maximum Gasteiger partial charge on any atom is 0.137 e. The van der Waals surface area contributed by atoms with E-state index in [4.69, 9.17) is 9.47 Å². The van der Waals surface area contributed by atoms with Crippen LogP contribution in [-0.4, -0.2) is 31.3 Å². The summed E-state index contributed by atoms with van der Waals surface area (Å²) in [6, 6.07) is 2.24. The SMILES string of the molecule is CCNC(c1cncc(OC)c1)C(OCC)C1CC1. The molecule has 106 valence electrons. The molecule has 2 unspecified atom stereocenters. The number of pyridine rings is 1. The maximum absolute atomic E-state index is 5.98. The van der Waals surface area contributed by atoms with Gasteiger partial charge in [-0.25, -0.2) is 0 Å². The van der Waals surface area contributed by atoms with Gasteiger partial charge in [-0.3, -0.25) is 4.98 Å². The first-order valence-corrected chi connectivity index (χ1v) is 7.14. The minimum atomic E-state index is 0.194. The Morgan fingerprint density at radius 1 is 1.37 bits per heavy atom. The van der Waals surface area contributed by atoms with Crippen molar-refractivity contribution < 1.29 is 9.47 Å². The number of methoxy groups -OCH3 is 1. The Bertz CT molecular complexity index is 393. The summed E-state index contributed by atoms with van der Waals surface area (Å²) in [5.41, 5.74) is 1.14. The lowest BCUT2D eigenvalue weighted by atomic mass is 9.99. The second-order valence-corrected chi connectivity index (χ2v) is 4.95. The van der Waals surface area contributed by atoms with Crippen LogP contribution in [0.25, 0.3) is 0 Å². The third-order valence-corrected chi connectivity index (χ3v) is 3.53. The molecule has 1 aromatic rings. The van der Waals surface area contributed by atoms with Crippen LogP contribution < -0.4 is 10.1 Å². The molecule has 0 bridgehead atoms. The molecule has 0 radical (unpaired) electrons. The standard InChI is InChI=1S/C15H24N2O2/c1-4-17-14(15(19-5-2)11-6-7-11)12-8-13(18-3)10-16-9-12/h8-11,14-15,17H,4-7H2,1-3H3. The fourth-order valence-corrected chi connectivity index (χ4v) is 2.48. The van der Waals surface area contributed by atoms with Crippen molar-refractivity contribution in [1.29, 1.82) is 0 Å². The van der Waals surface area contributed by atoms with Crippen molar-refractivity contribution in [2.75, 3.05) is 20.3 Å². The van der Waals surface area contributed by atoms with Crippen molar-refractivity contribution in [3.63, 3.8) is 0 Å². The topological polar surface area (TPSA) is 43.4 Å². The van der Waals surface area contributed by atoms with Crippen molar-refractivity contribution in [2.45, 2.75) is 38.8 Å². The van der Waals surface area contributed by atoms with E-state index in [2.05, 4.69) is 30.2 Å². The quantitative estimate of drug-likeness (QED) is 0.783. The van der Waals surface area contributed by atoms with Crippen LogP contribution in [0.3, 0.4) is 0 Å². The highest BCUT2D eigenvalue weighted by Gasteiger charge is 2.37. The van der Waals surface area contributed by atoms with Crippen molar-refractivity contribution in [2.24, 2.45) is 5.92 Å². The van der Waals surface area contributed by atoms with Crippen LogP contribution in [-0.2, 0) is 4.74 Å². The van der Waals surface area contributed by atoms with Gasteiger partial charge < -0.3 is 14.8 Å². The first-order chi connectivity index (χ1) is 9.30. The molecule has 1 fully saturated rings. The lowest BCUT2D eigenvalue weighted by Crippen LogP contribution is -2.35. The highest BCUT2D eigenvalue weighted by atomic mass is 16.5. The predicted octanol–water partition coefficient (Wildman–Crippen LogP) is 2.56. The monoisotopic (exact) mass is 264 g/mol. The van der Waals surface area contributed by atoms with Crippen molar-refractivity contribution >= 4 is 0 Å². The Balaban J connectivity index is 2.20. The van der Waals surface area contributed by atoms with Crippen LogP contribution in [0.1, 0.15) is 38.3 Å². The molecule has 1 aliphatic carbocycles. The van der Waals surface area contributed by atoms with E-state index in [1.165, 1.54) is 12.8 Å². The summed E-state index contributed by atoms with van der Waals surface area (Å²) >= 11 is 0. The molecule has 0 saturated heterocycles. The fraction of sp³-hybridized carbons (Fsp3) is 0.667. The highest BCUT2D eigenvalue weighted by Crippen LogP contribution is 2.40. The molecule has 1 aliphatic rings. The van der Waals surface area contributed by atoms with Crippen LogP contribution in [0.15, 0.2) is 18.5 Å². The number of hydrogen-bond donors (Lipinski definition) is 1. The second-order valence-electron chi connectivity index (χ2n) is 4.95. The number of hydrogen-bond acceptors (Lipinski definition) is 4. The Morgan fingerprint density at radius 2 is 2.16 bits per heavy atom. The molecule has 1 aromatic heterocycles. The van der Waals surface area contributed by atoms with E-state index >= 15 is 0 Å². The van der Waals surface area contributed by atoms with Gasteiger partial charge in [-0.2, -0.15) is 0 Å². The largest absolute Gasteiger partial charge is 0.495 e. The van der Waals surface area contributed by atoms with Crippen LogP contribution in [0.5, 0.6) is 5.75 Å². The van der Waals surface area contributed by atoms with Gasteiger partial charge in [0.05, 0.1) is 25.5 Å². The molecular formula is C15H24N2O2. The van der Waals surface area contributed by atoms with E-state index < -0.39 is 0 Å². The Hall–Kier alpha value is -1.13. The minimum absolute atomic E-state index is 0.194. The van der Waals surface area contributed by atoms with Crippen LogP contribution in [0, 0.1) is 5.92 Å². The van der Waals surface area contributed by atoms with E-state index in [-0.39, 0.29) is 12.1 Å². The Kier molecular flexibility index (Phi) is 5.16. The maximum atomic E-state index is 5.98. The Morgan fingerprint density at radius 3 is 2.74 bits per heavy atom. The molecule has 2 rings (SSSR count). The van der Waals surface area contributed by atoms with Crippen molar-refractivity contribution in [3.8, 4) is 5.75 Å². The molecule has 0 aliphatic heterocycles. The number of aromatic nitrogens is 1. The Labute approximate surface area is 115 Å². The van der Waals surface area contributed by atoms with Gasteiger partial charge in [0.15, 0.2) is 0 Å². The van der Waals surface area contributed by atoms with E-state index in [0.717, 1.165) is 24.5 Å². The van der Waals surface area contributed by atoms with Gasteiger partial charge in [-0.15, -0.1) is 0 Å². The molecule has 19 heavy (non-hydrogen) atoms. The first kappa shape index (κ1) is 14.3. The molecule has 2 atom stereocenters. The molecule has 0 aromatic carbocycles. The van der Waals surface area contributed by atoms with Gasteiger partial charge >= 0.3 is 0 Å². The van der Waals surface area contributed by atoms with Crippen LogP contribution in [0.4, 0.5) is 0 Å². The average Bonchev–Trinajstić information content (AvgIpc) is 3.27. The predicted molar refractivity (Wildman–Crippen MR) is 75.3 cm³/mol. The van der Waals surface area contributed by atoms with Crippen molar-refractivity contribution in [1.82, 2.24) is 10.3 Å². The van der Waals surface area contributed by atoms with E-state index in [9.17, 15) is 0 Å². The lowest BCUT2D eigenvalue weighted by molar-refractivity contribution is 0.0188. The van der Waals surface area contributed by atoms with Gasteiger partial charge in [0.1, 0.15) is 5.75 Å². The normalized spacial score (nSPS) is 18.1. The second kappa shape index (κ2) is 6.87. The summed E-state index contributed by atoms with van der Waals surface area (Å²) < 4.78 is 11.2. The molecule has 0 spiro atoms. The number of nitrogens with one attached hydrogen (secondary N) is 1. The van der Waals surface area contributed by atoms with E-state index in [1.54, 1.807) is 13.3 Å². The number of nitrogens with zero attached hydrogens (tertiary/aromatic N) is 1. The zero-order valence-electron chi connectivity index (χ0n) is 12.1. The molecule has 1 saturated carbocycles. The smallest absolute Gasteiger partial charge is 0.137 e. The van der Waals surface area contributed by atoms with E-state index in [1.807, 2.05) is 6.20 Å². The number of likely N-dealkylation sites (N-methyl/N-ethyl adjacent to an activating group) is 1. The molecule has 4 heteroatoms. The summed E-state index contributed by atoms with van der Waals surface area (Å²) in [5, 5.41) is 3.54. The number of rotatable bonds is 8. The fourth-order valence-electron chi connectivity index (χ4n) is 2.48. The third kappa shape index (κ3) is 3.67. The van der Waals surface area contributed by atoms with Crippen molar-refractivity contribution in [3.05, 3.63) is 24.0 Å². The van der Waals surface area contributed by atoms with Gasteiger partial charge in [0, 0.05) is 12.8 Å². The summed E-state index contributed by atoms with van der Waals surface area (Å²) in [6.07, 6.45) is 6.41. The van der Waals surface area contributed by atoms with Gasteiger partial charge in [0.2, 0.25) is 0 Å².